The Kier molecular flexibility index (Phi) is 5.09. The SMILES string of the molecule is Cc1c(-c2cc(OCC(O)c3ccc(F)cn3)c3c(Cl)cnn3c2)nn2c1CNCC2. The second-order valence-corrected chi connectivity index (χ2v) is 7.83. The standard InChI is InChI=1S/C21H20ClFN6O2/c1-12-17-9-24-4-5-28(17)27-20(12)13-6-19(21-15(22)8-26-29(21)10-13)31-11-18(30)16-3-2-14(23)7-25-16/h2-3,6-8,10,18,24,30H,4-5,9,11H2,1H3. The van der Waals surface area contributed by atoms with Gasteiger partial charge < -0.3 is 15.2 Å². The molecular formula is C21H20ClFN6O2. The number of hydrogen-bond donors (Lipinski definition) is 2. The lowest BCUT2D eigenvalue weighted by Crippen LogP contribution is -2.28. The third-order valence-corrected chi connectivity index (χ3v) is 5.68. The molecule has 0 amide bonds. The second-order valence-electron chi connectivity index (χ2n) is 7.43. The normalized spacial score (nSPS) is 14.6. The van der Waals surface area contributed by atoms with Crippen molar-refractivity contribution in [3.8, 4) is 17.0 Å². The zero-order chi connectivity index (χ0) is 21.5. The average Bonchev–Trinajstić information content (AvgIpc) is 3.32. The van der Waals surface area contributed by atoms with Crippen LogP contribution < -0.4 is 10.1 Å². The summed E-state index contributed by atoms with van der Waals surface area (Å²) in [6.45, 7) is 4.43. The molecule has 4 aromatic rings. The summed E-state index contributed by atoms with van der Waals surface area (Å²) in [5.74, 6) is -0.00434. The van der Waals surface area contributed by atoms with Crippen LogP contribution in [0.2, 0.25) is 5.02 Å². The number of aliphatic hydroxyl groups is 1. The molecule has 0 radical (unpaired) electrons. The molecule has 0 aromatic carbocycles. The van der Waals surface area contributed by atoms with Gasteiger partial charge in [-0.1, -0.05) is 11.6 Å². The van der Waals surface area contributed by atoms with E-state index in [4.69, 9.17) is 21.4 Å². The lowest BCUT2D eigenvalue weighted by Gasteiger charge is -2.14. The van der Waals surface area contributed by atoms with Gasteiger partial charge in [0.25, 0.3) is 0 Å². The first-order valence-electron chi connectivity index (χ1n) is 9.88. The molecule has 160 valence electrons. The minimum Gasteiger partial charge on any atom is -0.488 e. The number of hydrogen-bond acceptors (Lipinski definition) is 6. The van der Waals surface area contributed by atoms with Crippen LogP contribution in [0.15, 0.2) is 36.8 Å². The van der Waals surface area contributed by atoms with Crippen molar-refractivity contribution in [1.29, 1.82) is 0 Å². The van der Waals surface area contributed by atoms with E-state index in [1.54, 1.807) is 10.7 Å². The number of aliphatic hydroxyl groups excluding tert-OH is 1. The third kappa shape index (κ3) is 3.65. The van der Waals surface area contributed by atoms with Gasteiger partial charge in [0.2, 0.25) is 0 Å². The highest BCUT2D eigenvalue weighted by molar-refractivity contribution is 6.34. The number of nitrogens with one attached hydrogen (secondary N) is 1. The van der Waals surface area contributed by atoms with Crippen LogP contribution in [0.1, 0.15) is 23.1 Å². The number of halogens is 2. The fourth-order valence-electron chi connectivity index (χ4n) is 3.79. The third-order valence-electron chi connectivity index (χ3n) is 5.41. The quantitative estimate of drug-likeness (QED) is 0.494. The number of ether oxygens (including phenoxy) is 1. The Hall–Kier alpha value is -3.01. The predicted molar refractivity (Wildman–Crippen MR) is 113 cm³/mol. The molecule has 31 heavy (non-hydrogen) atoms. The molecule has 0 spiro atoms. The Labute approximate surface area is 182 Å². The van der Waals surface area contributed by atoms with E-state index in [-0.39, 0.29) is 6.61 Å². The molecule has 8 nitrogen and oxygen atoms in total. The van der Waals surface area contributed by atoms with E-state index in [1.807, 2.05) is 23.9 Å². The van der Waals surface area contributed by atoms with Crippen molar-refractivity contribution in [1.82, 2.24) is 29.7 Å². The summed E-state index contributed by atoms with van der Waals surface area (Å²) in [7, 11) is 0. The number of pyridine rings is 2. The maximum atomic E-state index is 13.1. The van der Waals surface area contributed by atoms with E-state index in [0.29, 0.717) is 22.0 Å². The molecular weight excluding hydrogens is 423 g/mol. The Morgan fingerprint density at radius 1 is 1.35 bits per heavy atom. The molecule has 1 atom stereocenters. The van der Waals surface area contributed by atoms with Crippen molar-refractivity contribution in [2.45, 2.75) is 26.1 Å². The van der Waals surface area contributed by atoms with Gasteiger partial charge in [-0.05, 0) is 30.7 Å². The monoisotopic (exact) mass is 442 g/mol. The molecule has 0 aliphatic carbocycles. The Morgan fingerprint density at radius 2 is 2.23 bits per heavy atom. The molecule has 2 N–H and O–H groups in total. The zero-order valence-electron chi connectivity index (χ0n) is 16.7. The van der Waals surface area contributed by atoms with Gasteiger partial charge in [-0.2, -0.15) is 10.2 Å². The Bertz CT molecular complexity index is 1250. The van der Waals surface area contributed by atoms with Gasteiger partial charge in [-0.3, -0.25) is 9.67 Å². The first-order chi connectivity index (χ1) is 15.0. The molecule has 0 bridgehead atoms. The first kappa shape index (κ1) is 19.9. The summed E-state index contributed by atoms with van der Waals surface area (Å²) in [4.78, 5) is 3.91. The van der Waals surface area contributed by atoms with E-state index < -0.39 is 11.9 Å². The van der Waals surface area contributed by atoms with Crippen LogP contribution in [0.25, 0.3) is 16.8 Å². The summed E-state index contributed by atoms with van der Waals surface area (Å²) in [6.07, 6.45) is 3.43. The van der Waals surface area contributed by atoms with Crippen molar-refractivity contribution >= 4 is 17.1 Å². The van der Waals surface area contributed by atoms with Crippen LogP contribution in [0.4, 0.5) is 4.39 Å². The van der Waals surface area contributed by atoms with Crippen molar-refractivity contribution in [3.63, 3.8) is 0 Å². The van der Waals surface area contributed by atoms with E-state index in [9.17, 15) is 9.50 Å². The number of aromatic nitrogens is 5. The smallest absolute Gasteiger partial charge is 0.147 e. The predicted octanol–water partition coefficient (Wildman–Crippen LogP) is 2.91. The summed E-state index contributed by atoms with van der Waals surface area (Å²) in [5, 5.41) is 23.3. The molecule has 4 aromatic heterocycles. The van der Waals surface area contributed by atoms with Gasteiger partial charge in [0, 0.05) is 24.8 Å². The fraction of sp³-hybridized carbons (Fsp3) is 0.286. The van der Waals surface area contributed by atoms with Crippen molar-refractivity contribution in [3.05, 3.63) is 64.6 Å². The molecule has 1 aliphatic rings. The molecule has 1 unspecified atom stereocenters. The van der Waals surface area contributed by atoms with Crippen LogP contribution in [0.3, 0.4) is 0 Å². The summed E-state index contributed by atoms with van der Waals surface area (Å²) in [6, 6.07) is 4.52. The van der Waals surface area contributed by atoms with Gasteiger partial charge in [0.15, 0.2) is 0 Å². The molecule has 5 rings (SSSR count). The zero-order valence-corrected chi connectivity index (χ0v) is 17.5. The topological polar surface area (TPSA) is 89.5 Å². The minimum absolute atomic E-state index is 0.0815. The summed E-state index contributed by atoms with van der Waals surface area (Å²) < 4.78 is 22.7. The van der Waals surface area contributed by atoms with Crippen LogP contribution >= 0.6 is 11.6 Å². The van der Waals surface area contributed by atoms with E-state index >= 15 is 0 Å². The lowest BCUT2D eigenvalue weighted by atomic mass is 10.1. The maximum Gasteiger partial charge on any atom is 0.147 e. The highest BCUT2D eigenvalue weighted by atomic mass is 35.5. The van der Waals surface area contributed by atoms with Crippen molar-refractivity contribution in [2.24, 2.45) is 0 Å². The van der Waals surface area contributed by atoms with Crippen LogP contribution in [0.5, 0.6) is 5.75 Å². The number of fused-ring (bicyclic) bond motifs is 2. The molecule has 10 heteroatoms. The second kappa shape index (κ2) is 7.92. The van der Waals surface area contributed by atoms with E-state index in [0.717, 1.165) is 48.3 Å². The van der Waals surface area contributed by atoms with Crippen molar-refractivity contribution in [2.75, 3.05) is 13.2 Å². The van der Waals surface area contributed by atoms with Crippen LogP contribution in [0, 0.1) is 12.7 Å². The summed E-state index contributed by atoms with van der Waals surface area (Å²) in [5.41, 5.74) is 4.83. The van der Waals surface area contributed by atoms with Gasteiger partial charge in [0.05, 0.1) is 41.0 Å². The fourth-order valence-corrected chi connectivity index (χ4v) is 4.01. The molecule has 1 aliphatic heterocycles. The number of rotatable bonds is 5. The minimum atomic E-state index is -1.03. The highest BCUT2D eigenvalue weighted by Gasteiger charge is 2.21. The van der Waals surface area contributed by atoms with E-state index in [1.165, 1.54) is 12.1 Å². The number of nitrogens with zero attached hydrogens (tertiary/aromatic N) is 5. The van der Waals surface area contributed by atoms with Gasteiger partial charge in [-0.15, -0.1) is 0 Å². The largest absolute Gasteiger partial charge is 0.488 e. The molecule has 5 heterocycles. The van der Waals surface area contributed by atoms with Crippen molar-refractivity contribution < 1.29 is 14.2 Å². The van der Waals surface area contributed by atoms with Crippen LogP contribution in [-0.4, -0.2) is 42.6 Å². The average molecular weight is 443 g/mol. The highest BCUT2D eigenvalue weighted by Crippen LogP contribution is 2.34. The van der Waals surface area contributed by atoms with Gasteiger partial charge in [0.1, 0.15) is 29.8 Å². The van der Waals surface area contributed by atoms with Gasteiger partial charge >= 0.3 is 0 Å². The summed E-state index contributed by atoms with van der Waals surface area (Å²) >= 11 is 6.33. The maximum absolute atomic E-state index is 13.1. The first-order valence-corrected chi connectivity index (χ1v) is 10.3. The molecule has 0 saturated carbocycles. The Morgan fingerprint density at radius 3 is 3.00 bits per heavy atom. The van der Waals surface area contributed by atoms with E-state index in [2.05, 4.69) is 15.4 Å². The lowest BCUT2D eigenvalue weighted by molar-refractivity contribution is 0.105. The van der Waals surface area contributed by atoms with Crippen LogP contribution in [-0.2, 0) is 13.1 Å². The molecule has 0 fully saturated rings. The molecule has 0 saturated heterocycles. The Balaban J connectivity index is 1.50. The van der Waals surface area contributed by atoms with Gasteiger partial charge in [-0.25, -0.2) is 8.91 Å².